The number of ether oxygens (including phenoxy) is 2. The van der Waals surface area contributed by atoms with E-state index in [9.17, 15) is 9.59 Å². The van der Waals surface area contributed by atoms with Gasteiger partial charge in [-0.15, -0.1) is 0 Å². The van der Waals surface area contributed by atoms with Gasteiger partial charge in [0.15, 0.2) is 0 Å². The number of halogens is 1. The number of hydrogen-bond donors (Lipinski definition) is 0. The molecule has 0 bridgehead atoms. The lowest BCUT2D eigenvalue weighted by molar-refractivity contribution is -0.149. The van der Waals surface area contributed by atoms with Gasteiger partial charge in [0.1, 0.15) is 6.54 Å². The zero-order chi connectivity index (χ0) is 15.2. The van der Waals surface area contributed by atoms with Crippen molar-refractivity contribution in [2.75, 3.05) is 26.9 Å². The lowest BCUT2D eigenvalue weighted by Gasteiger charge is -2.24. The summed E-state index contributed by atoms with van der Waals surface area (Å²) in [6, 6.07) is 7.20. The molecule has 1 atom stereocenters. The first-order chi connectivity index (χ1) is 10.1. The topological polar surface area (TPSA) is 55.8 Å². The number of carbonyl (C=O) groups is 2. The highest BCUT2D eigenvalue weighted by Crippen LogP contribution is 2.18. The van der Waals surface area contributed by atoms with E-state index >= 15 is 0 Å². The van der Waals surface area contributed by atoms with Crippen LogP contribution >= 0.6 is 11.6 Å². The van der Waals surface area contributed by atoms with Crippen molar-refractivity contribution in [3.63, 3.8) is 0 Å². The van der Waals surface area contributed by atoms with Crippen LogP contribution in [0, 0.1) is 5.92 Å². The van der Waals surface area contributed by atoms with E-state index in [1.54, 1.807) is 12.1 Å². The summed E-state index contributed by atoms with van der Waals surface area (Å²) in [6.07, 6.45) is 0.692. The molecule has 2 rings (SSSR count). The molecule has 1 saturated heterocycles. The van der Waals surface area contributed by atoms with E-state index in [4.69, 9.17) is 16.3 Å². The monoisotopic (exact) mass is 311 g/mol. The van der Waals surface area contributed by atoms with Gasteiger partial charge >= 0.3 is 5.97 Å². The van der Waals surface area contributed by atoms with Crippen LogP contribution in [0.4, 0.5) is 0 Å². The molecular formula is C15H18ClNO4. The molecule has 0 radical (unpaired) electrons. The second-order valence-corrected chi connectivity index (χ2v) is 5.39. The van der Waals surface area contributed by atoms with E-state index in [0.717, 1.165) is 5.56 Å². The van der Waals surface area contributed by atoms with Gasteiger partial charge < -0.3 is 14.4 Å². The Morgan fingerprint density at radius 1 is 1.38 bits per heavy atom. The van der Waals surface area contributed by atoms with Gasteiger partial charge in [0, 0.05) is 18.2 Å². The van der Waals surface area contributed by atoms with Crippen molar-refractivity contribution in [2.24, 2.45) is 5.92 Å². The van der Waals surface area contributed by atoms with Gasteiger partial charge in [0.05, 0.1) is 19.6 Å². The highest BCUT2D eigenvalue weighted by Gasteiger charge is 2.29. The van der Waals surface area contributed by atoms with Crippen LogP contribution in [-0.4, -0.2) is 43.6 Å². The fourth-order valence-electron chi connectivity index (χ4n) is 2.23. The molecule has 1 aliphatic heterocycles. The molecule has 5 nitrogen and oxygen atoms in total. The molecule has 1 fully saturated rings. The van der Waals surface area contributed by atoms with Crippen molar-refractivity contribution < 1.29 is 19.1 Å². The molecule has 1 aliphatic rings. The van der Waals surface area contributed by atoms with Gasteiger partial charge in [-0.05, 0) is 24.1 Å². The molecule has 114 valence electrons. The molecule has 1 aromatic carbocycles. The SMILES string of the molecule is COC(=O)CN(Cc1ccc(Cl)cc1)C(=O)C1CCOC1. The number of carbonyl (C=O) groups excluding carboxylic acids is 2. The second-order valence-electron chi connectivity index (χ2n) is 4.96. The zero-order valence-corrected chi connectivity index (χ0v) is 12.6. The summed E-state index contributed by atoms with van der Waals surface area (Å²) in [5.41, 5.74) is 0.913. The maximum atomic E-state index is 12.5. The highest BCUT2D eigenvalue weighted by atomic mass is 35.5. The summed E-state index contributed by atoms with van der Waals surface area (Å²) in [6.45, 7) is 1.29. The number of esters is 1. The van der Waals surface area contributed by atoms with Crippen LogP contribution in [0.15, 0.2) is 24.3 Å². The van der Waals surface area contributed by atoms with E-state index in [1.807, 2.05) is 12.1 Å². The molecule has 1 heterocycles. The maximum absolute atomic E-state index is 12.5. The summed E-state index contributed by atoms with van der Waals surface area (Å²) in [4.78, 5) is 25.5. The Morgan fingerprint density at radius 2 is 2.10 bits per heavy atom. The van der Waals surface area contributed by atoms with Gasteiger partial charge in [-0.3, -0.25) is 9.59 Å². The van der Waals surface area contributed by atoms with Crippen molar-refractivity contribution in [3.05, 3.63) is 34.9 Å². The Morgan fingerprint density at radius 3 is 2.67 bits per heavy atom. The summed E-state index contributed by atoms with van der Waals surface area (Å²) in [5.74, 6) is -0.689. The zero-order valence-electron chi connectivity index (χ0n) is 11.9. The maximum Gasteiger partial charge on any atom is 0.325 e. The van der Waals surface area contributed by atoms with Crippen molar-refractivity contribution in [1.82, 2.24) is 4.90 Å². The van der Waals surface area contributed by atoms with Gasteiger partial charge in [0.2, 0.25) is 5.91 Å². The second kappa shape index (κ2) is 7.43. The third-order valence-corrected chi connectivity index (χ3v) is 3.68. The van der Waals surface area contributed by atoms with E-state index in [0.29, 0.717) is 31.2 Å². The van der Waals surface area contributed by atoms with Crippen LogP contribution in [0.2, 0.25) is 5.02 Å². The number of benzene rings is 1. The fourth-order valence-corrected chi connectivity index (χ4v) is 2.36. The largest absolute Gasteiger partial charge is 0.468 e. The number of nitrogens with zero attached hydrogens (tertiary/aromatic N) is 1. The molecule has 0 saturated carbocycles. The summed E-state index contributed by atoms with van der Waals surface area (Å²) in [7, 11) is 1.31. The van der Waals surface area contributed by atoms with Crippen molar-refractivity contribution in [2.45, 2.75) is 13.0 Å². The highest BCUT2D eigenvalue weighted by molar-refractivity contribution is 6.30. The van der Waals surface area contributed by atoms with Crippen LogP contribution in [0.3, 0.4) is 0 Å². The molecular weight excluding hydrogens is 294 g/mol. The van der Waals surface area contributed by atoms with Gasteiger partial charge in [-0.2, -0.15) is 0 Å². The van der Waals surface area contributed by atoms with Crippen molar-refractivity contribution in [1.29, 1.82) is 0 Å². The smallest absolute Gasteiger partial charge is 0.325 e. The average Bonchev–Trinajstić information content (AvgIpc) is 3.02. The molecule has 0 spiro atoms. The summed E-state index contributed by atoms with van der Waals surface area (Å²) in [5, 5.41) is 0.633. The first-order valence-corrected chi connectivity index (χ1v) is 7.15. The molecule has 0 N–H and O–H groups in total. The number of rotatable bonds is 5. The minimum absolute atomic E-state index is 0.0611. The Labute approximate surface area is 128 Å². The van der Waals surface area contributed by atoms with Crippen molar-refractivity contribution >= 4 is 23.5 Å². The first-order valence-electron chi connectivity index (χ1n) is 6.78. The van der Waals surface area contributed by atoms with E-state index in [1.165, 1.54) is 12.0 Å². The summed E-state index contributed by atoms with van der Waals surface area (Å²) < 4.78 is 9.91. The van der Waals surface area contributed by atoms with Crippen LogP contribution in [0.1, 0.15) is 12.0 Å². The van der Waals surface area contributed by atoms with Gasteiger partial charge in [-0.25, -0.2) is 0 Å². The number of amides is 1. The third-order valence-electron chi connectivity index (χ3n) is 3.42. The molecule has 6 heteroatoms. The molecule has 0 aromatic heterocycles. The minimum Gasteiger partial charge on any atom is -0.468 e. The molecule has 1 aromatic rings. The lowest BCUT2D eigenvalue weighted by Crippen LogP contribution is -2.39. The predicted octanol–water partition coefficient (Wildman–Crippen LogP) is 1.88. The predicted molar refractivity (Wildman–Crippen MR) is 77.8 cm³/mol. The van der Waals surface area contributed by atoms with Gasteiger partial charge in [-0.1, -0.05) is 23.7 Å². The third kappa shape index (κ3) is 4.44. The molecule has 1 unspecified atom stereocenters. The van der Waals surface area contributed by atoms with Crippen LogP contribution in [0.5, 0.6) is 0 Å². The number of methoxy groups -OCH3 is 1. The quantitative estimate of drug-likeness (QED) is 0.779. The Bertz CT molecular complexity index is 497. The molecule has 0 aliphatic carbocycles. The molecule has 21 heavy (non-hydrogen) atoms. The standard InChI is InChI=1S/C15H18ClNO4/c1-20-14(18)9-17(15(19)12-6-7-21-10-12)8-11-2-4-13(16)5-3-11/h2-5,12H,6-10H2,1H3. The Kier molecular flexibility index (Phi) is 5.59. The van der Waals surface area contributed by atoms with Crippen LogP contribution in [-0.2, 0) is 25.6 Å². The fraction of sp³-hybridized carbons (Fsp3) is 0.467. The van der Waals surface area contributed by atoms with E-state index < -0.39 is 5.97 Å². The van der Waals surface area contributed by atoms with Crippen molar-refractivity contribution in [3.8, 4) is 0 Å². The van der Waals surface area contributed by atoms with Crippen LogP contribution < -0.4 is 0 Å². The lowest BCUT2D eigenvalue weighted by atomic mass is 10.1. The molecule has 1 amide bonds. The minimum atomic E-state index is -0.434. The normalized spacial score (nSPS) is 17.5. The van der Waals surface area contributed by atoms with E-state index in [2.05, 4.69) is 4.74 Å². The average molecular weight is 312 g/mol. The van der Waals surface area contributed by atoms with Gasteiger partial charge in [0.25, 0.3) is 0 Å². The Hall–Kier alpha value is -1.59. The van der Waals surface area contributed by atoms with E-state index in [-0.39, 0.29) is 18.4 Å². The number of hydrogen-bond acceptors (Lipinski definition) is 4. The van der Waals surface area contributed by atoms with Crippen LogP contribution in [0.25, 0.3) is 0 Å². The Balaban J connectivity index is 2.08. The summed E-state index contributed by atoms with van der Waals surface area (Å²) >= 11 is 5.85. The first kappa shape index (κ1) is 15.8.